The third-order valence-electron chi connectivity index (χ3n) is 4.83. The zero-order valence-electron chi connectivity index (χ0n) is 12.5. The number of terminal acetylenes is 1. The predicted octanol–water partition coefficient (Wildman–Crippen LogP) is 1.74. The van der Waals surface area contributed by atoms with Crippen molar-refractivity contribution < 1.29 is 4.79 Å². The lowest BCUT2D eigenvalue weighted by Gasteiger charge is -2.30. The lowest BCUT2D eigenvalue weighted by Crippen LogP contribution is -2.47. The van der Waals surface area contributed by atoms with Gasteiger partial charge in [-0.2, -0.15) is 0 Å². The summed E-state index contributed by atoms with van der Waals surface area (Å²) in [6.45, 7) is 3.37. The van der Waals surface area contributed by atoms with Crippen molar-refractivity contribution in [1.82, 2.24) is 14.6 Å². The number of fused-ring (bicyclic) bond motifs is 3. The summed E-state index contributed by atoms with van der Waals surface area (Å²) < 4.78 is 1.94. The van der Waals surface area contributed by atoms with Crippen LogP contribution in [0.15, 0.2) is 30.6 Å². The summed E-state index contributed by atoms with van der Waals surface area (Å²) in [4.78, 5) is 14.9. The van der Waals surface area contributed by atoms with Crippen molar-refractivity contribution in [3.05, 3.63) is 41.7 Å². The molecule has 4 heterocycles. The highest BCUT2D eigenvalue weighted by molar-refractivity contribution is 5.95. The number of pyridine rings is 1. The van der Waals surface area contributed by atoms with E-state index in [9.17, 15) is 4.79 Å². The van der Waals surface area contributed by atoms with E-state index in [1.54, 1.807) is 0 Å². The average molecular weight is 293 g/mol. The summed E-state index contributed by atoms with van der Waals surface area (Å²) in [7, 11) is 0. The SMILES string of the molecule is C#Cc1cc2cc(C(=O)N[C@@H]3CC4CCN(C4)C3)ccn2c1. The molecule has 3 atom stereocenters. The number of piperidine rings is 1. The Labute approximate surface area is 130 Å². The standard InChI is InChI=1S/C18H19N3O/c1-2-13-8-17-9-15(4-6-21(17)11-13)18(22)19-16-7-14-3-5-20(10-14)12-16/h1,4,6,8-9,11,14,16H,3,5,7,10,12H2,(H,19,22)/t14?,16-/m1/s1. The van der Waals surface area contributed by atoms with E-state index in [1.165, 1.54) is 19.5 Å². The van der Waals surface area contributed by atoms with E-state index < -0.39 is 0 Å². The highest BCUT2D eigenvalue weighted by Crippen LogP contribution is 2.26. The van der Waals surface area contributed by atoms with Gasteiger partial charge in [0, 0.05) is 48.2 Å². The van der Waals surface area contributed by atoms with Crippen molar-refractivity contribution in [2.75, 3.05) is 19.6 Å². The molecule has 2 aliphatic heterocycles. The van der Waals surface area contributed by atoms with Gasteiger partial charge < -0.3 is 14.6 Å². The van der Waals surface area contributed by atoms with Crippen LogP contribution in [0, 0.1) is 18.3 Å². The second kappa shape index (κ2) is 5.19. The maximum Gasteiger partial charge on any atom is 0.251 e. The molecular formula is C18H19N3O. The molecule has 0 saturated carbocycles. The fourth-order valence-electron chi connectivity index (χ4n) is 3.76. The molecule has 112 valence electrons. The molecular weight excluding hydrogens is 274 g/mol. The minimum absolute atomic E-state index is 0.0125. The Kier molecular flexibility index (Phi) is 3.16. The van der Waals surface area contributed by atoms with Crippen LogP contribution in [0.2, 0.25) is 0 Å². The first-order valence-electron chi connectivity index (χ1n) is 7.83. The summed E-state index contributed by atoms with van der Waals surface area (Å²) in [5.74, 6) is 3.39. The number of carbonyl (C=O) groups is 1. The predicted molar refractivity (Wildman–Crippen MR) is 85.8 cm³/mol. The molecule has 2 saturated heterocycles. The molecule has 2 unspecified atom stereocenters. The van der Waals surface area contributed by atoms with Gasteiger partial charge in [0.1, 0.15) is 0 Å². The third-order valence-corrected chi connectivity index (χ3v) is 4.83. The van der Waals surface area contributed by atoms with Gasteiger partial charge in [-0.15, -0.1) is 6.42 Å². The molecule has 22 heavy (non-hydrogen) atoms. The van der Waals surface area contributed by atoms with E-state index in [2.05, 4.69) is 16.1 Å². The number of nitrogens with one attached hydrogen (secondary N) is 1. The van der Waals surface area contributed by atoms with Gasteiger partial charge in [0.15, 0.2) is 0 Å². The van der Waals surface area contributed by atoms with Crippen molar-refractivity contribution in [3.63, 3.8) is 0 Å². The van der Waals surface area contributed by atoms with E-state index in [0.717, 1.165) is 30.0 Å². The molecule has 2 aromatic heterocycles. The van der Waals surface area contributed by atoms with Gasteiger partial charge in [-0.1, -0.05) is 5.92 Å². The van der Waals surface area contributed by atoms with E-state index in [4.69, 9.17) is 6.42 Å². The van der Waals surface area contributed by atoms with Gasteiger partial charge in [-0.3, -0.25) is 4.79 Å². The summed E-state index contributed by atoms with van der Waals surface area (Å²) in [6.07, 6.45) is 11.6. The van der Waals surface area contributed by atoms with Crippen LogP contribution in [0.5, 0.6) is 0 Å². The van der Waals surface area contributed by atoms with E-state index in [0.29, 0.717) is 5.56 Å². The Hall–Kier alpha value is -2.25. The minimum atomic E-state index is 0.0125. The monoisotopic (exact) mass is 293 g/mol. The number of hydrogen-bond donors (Lipinski definition) is 1. The second-order valence-electron chi connectivity index (χ2n) is 6.44. The van der Waals surface area contributed by atoms with Crippen molar-refractivity contribution in [1.29, 1.82) is 0 Å². The normalized spacial score (nSPS) is 26.8. The van der Waals surface area contributed by atoms with Crippen molar-refractivity contribution in [3.8, 4) is 12.3 Å². The second-order valence-corrected chi connectivity index (χ2v) is 6.44. The molecule has 2 bridgehead atoms. The number of aromatic nitrogens is 1. The molecule has 1 amide bonds. The van der Waals surface area contributed by atoms with E-state index in [-0.39, 0.29) is 11.9 Å². The fraction of sp³-hybridized carbons (Fsp3) is 0.389. The molecule has 0 spiro atoms. The molecule has 0 aromatic carbocycles. The molecule has 1 N–H and O–H groups in total. The zero-order valence-corrected chi connectivity index (χ0v) is 12.5. The topological polar surface area (TPSA) is 36.8 Å². The van der Waals surface area contributed by atoms with Gasteiger partial charge in [-0.05, 0) is 43.5 Å². The fourth-order valence-corrected chi connectivity index (χ4v) is 3.76. The van der Waals surface area contributed by atoms with Crippen molar-refractivity contribution in [2.45, 2.75) is 18.9 Å². The summed E-state index contributed by atoms with van der Waals surface area (Å²) in [5.41, 5.74) is 2.48. The zero-order chi connectivity index (χ0) is 15.1. The third kappa shape index (κ3) is 2.38. The summed E-state index contributed by atoms with van der Waals surface area (Å²) in [6, 6.07) is 5.94. The maximum atomic E-state index is 12.5. The van der Waals surface area contributed by atoms with Crippen LogP contribution in [0.25, 0.3) is 5.52 Å². The highest BCUT2D eigenvalue weighted by Gasteiger charge is 2.32. The van der Waals surface area contributed by atoms with E-state index >= 15 is 0 Å². The Balaban J connectivity index is 1.51. The molecule has 2 aromatic rings. The average Bonchev–Trinajstić information content (AvgIpc) is 3.09. The lowest BCUT2D eigenvalue weighted by atomic mass is 9.96. The Morgan fingerprint density at radius 2 is 2.27 bits per heavy atom. The van der Waals surface area contributed by atoms with Crippen LogP contribution in [-0.2, 0) is 0 Å². The molecule has 0 aliphatic carbocycles. The molecule has 4 nitrogen and oxygen atoms in total. The maximum absolute atomic E-state index is 12.5. The number of amides is 1. The van der Waals surface area contributed by atoms with Crippen LogP contribution < -0.4 is 5.32 Å². The van der Waals surface area contributed by atoms with Gasteiger partial charge in [-0.25, -0.2) is 0 Å². The van der Waals surface area contributed by atoms with Crippen LogP contribution in [0.4, 0.5) is 0 Å². The van der Waals surface area contributed by atoms with Crippen LogP contribution in [0.1, 0.15) is 28.8 Å². The van der Waals surface area contributed by atoms with Crippen LogP contribution in [-0.4, -0.2) is 40.9 Å². The quantitative estimate of drug-likeness (QED) is 0.856. The van der Waals surface area contributed by atoms with Gasteiger partial charge >= 0.3 is 0 Å². The smallest absolute Gasteiger partial charge is 0.251 e. The number of rotatable bonds is 2. The Morgan fingerprint density at radius 3 is 3.09 bits per heavy atom. The van der Waals surface area contributed by atoms with Crippen molar-refractivity contribution >= 4 is 11.4 Å². The molecule has 4 rings (SSSR count). The number of nitrogens with zero attached hydrogens (tertiary/aromatic N) is 2. The largest absolute Gasteiger partial charge is 0.348 e. The Morgan fingerprint density at radius 1 is 1.36 bits per heavy atom. The summed E-state index contributed by atoms with van der Waals surface area (Å²) >= 11 is 0. The lowest BCUT2D eigenvalue weighted by molar-refractivity contribution is 0.0909. The van der Waals surface area contributed by atoms with Crippen LogP contribution in [0.3, 0.4) is 0 Å². The van der Waals surface area contributed by atoms with Gasteiger partial charge in [0.25, 0.3) is 5.91 Å². The van der Waals surface area contributed by atoms with Gasteiger partial charge in [0.05, 0.1) is 0 Å². The first-order valence-corrected chi connectivity index (χ1v) is 7.83. The highest BCUT2D eigenvalue weighted by atomic mass is 16.1. The Bertz CT molecular complexity index is 758. The number of carbonyl (C=O) groups excluding carboxylic acids is 1. The number of hydrogen-bond acceptors (Lipinski definition) is 2. The van der Waals surface area contributed by atoms with E-state index in [1.807, 2.05) is 35.0 Å². The van der Waals surface area contributed by atoms with Crippen molar-refractivity contribution in [2.24, 2.45) is 5.92 Å². The first kappa shape index (κ1) is 13.4. The minimum Gasteiger partial charge on any atom is -0.348 e. The first-order chi connectivity index (χ1) is 10.7. The molecule has 2 aliphatic rings. The molecule has 4 heteroatoms. The van der Waals surface area contributed by atoms with Crippen LogP contribution >= 0.6 is 0 Å². The molecule has 0 radical (unpaired) electrons. The van der Waals surface area contributed by atoms with Gasteiger partial charge in [0.2, 0.25) is 0 Å². The molecule has 2 fully saturated rings. The summed E-state index contributed by atoms with van der Waals surface area (Å²) in [5, 5.41) is 3.19.